The Bertz CT molecular complexity index is 503. The van der Waals surface area contributed by atoms with Crippen molar-refractivity contribution in [2.75, 3.05) is 19.0 Å². The van der Waals surface area contributed by atoms with Crippen LogP contribution in [0.5, 0.6) is 5.88 Å². The van der Waals surface area contributed by atoms with E-state index in [-0.39, 0.29) is 5.91 Å². The molecule has 0 radical (unpaired) electrons. The highest BCUT2D eigenvalue weighted by molar-refractivity contribution is 5.97. The first kappa shape index (κ1) is 17.7. The van der Waals surface area contributed by atoms with Crippen LogP contribution >= 0.6 is 0 Å². The van der Waals surface area contributed by atoms with Gasteiger partial charge in [0.15, 0.2) is 0 Å². The van der Waals surface area contributed by atoms with Crippen LogP contribution < -0.4 is 10.1 Å². The van der Waals surface area contributed by atoms with Crippen LogP contribution in [0, 0.1) is 5.92 Å². The lowest BCUT2D eigenvalue weighted by Crippen LogP contribution is -2.47. The van der Waals surface area contributed by atoms with E-state index in [9.17, 15) is 4.79 Å². The fraction of sp³-hybridized carbons (Fsp3) is 0.667. The van der Waals surface area contributed by atoms with Crippen molar-refractivity contribution in [1.29, 1.82) is 0 Å². The van der Waals surface area contributed by atoms with Crippen LogP contribution in [0.2, 0.25) is 0 Å². The molecule has 1 saturated carbocycles. The Balaban J connectivity index is 1.96. The standard InChI is InChI=1S/C18H28N2O3/c1-4-5-11-23-16-9-8-15(13-19-16)20-17(21)18(22-3)10-6-7-14(2)12-18/h8-9,13-14H,4-7,10-12H2,1-3H3,(H,20,21)/t14-,18-/m0/s1. The summed E-state index contributed by atoms with van der Waals surface area (Å²) in [5.41, 5.74) is -0.0407. The van der Waals surface area contributed by atoms with Crippen LogP contribution in [-0.4, -0.2) is 30.2 Å². The fourth-order valence-electron chi connectivity index (χ4n) is 3.09. The maximum absolute atomic E-state index is 12.7. The van der Waals surface area contributed by atoms with Gasteiger partial charge in [-0.3, -0.25) is 4.79 Å². The van der Waals surface area contributed by atoms with Gasteiger partial charge in [0.2, 0.25) is 5.88 Å². The summed E-state index contributed by atoms with van der Waals surface area (Å²) in [5, 5.41) is 2.94. The molecule has 0 bridgehead atoms. The van der Waals surface area contributed by atoms with Gasteiger partial charge in [-0.25, -0.2) is 4.98 Å². The predicted octanol–water partition coefficient (Wildman–Crippen LogP) is 3.79. The Kier molecular flexibility index (Phi) is 6.39. The summed E-state index contributed by atoms with van der Waals surface area (Å²) < 4.78 is 11.1. The van der Waals surface area contributed by atoms with E-state index in [2.05, 4.69) is 24.1 Å². The summed E-state index contributed by atoms with van der Waals surface area (Å²) in [5.74, 6) is 1.01. The number of nitrogens with zero attached hydrogens (tertiary/aromatic N) is 1. The topological polar surface area (TPSA) is 60.5 Å². The molecule has 1 aromatic rings. The van der Waals surface area contributed by atoms with E-state index >= 15 is 0 Å². The highest BCUT2D eigenvalue weighted by Crippen LogP contribution is 2.35. The first-order chi connectivity index (χ1) is 11.1. The number of anilines is 1. The second kappa shape index (κ2) is 8.29. The number of hydrogen-bond donors (Lipinski definition) is 1. The van der Waals surface area contributed by atoms with Crippen molar-refractivity contribution >= 4 is 11.6 Å². The molecule has 1 aliphatic rings. The lowest BCUT2D eigenvalue weighted by molar-refractivity contribution is -0.143. The van der Waals surface area contributed by atoms with Crippen LogP contribution in [-0.2, 0) is 9.53 Å². The molecule has 1 amide bonds. The number of ether oxygens (including phenoxy) is 2. The maximum atomic E-state index is 12.7. The molecule has 0 aliphatic heterocycles. The van der Waals surface area contributed by atoms with Crippen LogP contribution in [0.3, 0.4) is 0 Å². The Morgan fingerprint density at radius 3 is 2.91 bits per heavy atom. The zero-order valence-corrected chi connectivity index (χ0v) is 14.4. The van der Waals surface area contributed by atoms with Crippen molar-refractivity contribution in [3.05, 3.63) is 18.3 Å². The van der Waals surface area contributed by atoms with Gasteiger partial charge in [-0.1, -0.05) is 26.7 Å². The third kappa shape index (κ3) is 4.67. The minimum Gasteiger partial charge on any atom is -0.478 e. The number of pyridine rings is 1. The van der Waals surface area contributed by atoms with Gasteiger partial charge in [-0.15, -0.1) is 0 Å². The van der Waals surface area contributed by atoms with Crippen molar-refractivity contribution in [2.45, 2.75) is 58.0 Å². The number of amides is 1. The van der Waals surface area contributed by atoms with Crippen LogP contribution in [0.15, 0.2) is 18.3 Å². The average Bonchev–Trinajstić information content (AvgIpc) is 2.56. The van der Waals surface area contributed by atoms with E-state index in [0.29, 0.717) is 24.1 Å². The number of rotatable bonds is 7. The molecule has 2 atom stereocenters. The zero-order valence-electron chi connectivity index (χ0n) is 14.4. The van der Waals surface area contributed by atoms with Gasteiger partial charge >= 0.3 is 0 Å². The van der Waals surface area contributed by atoms with Crippen molar-refractivity contribution < 1.29 is 14.3 Å². The van der Waals surface area contributed by atoms with E-state index in [4.69, 9.17) is 9.47 Å². The molecule has 5 nitrogen and oxygen atoms in total. The Labute approximate surface area is 138 Å². The molecule has 1 heterocycles. The van der Waals surface area contributed by atoms with Crippen molar-refractivity contribution in [1.82, 2.24) is 4.98 Å². The second-order valence-electron chi connectivity index (χ2n) is 6.44. The lowest BCUT2D eigenvalue weighted by atomic mass is 9.78. The number of hydrogen-bond acceptors (Lipinski definition) is 4. The summed E-state index contributed by atoms with van der Waals surface area (Å²) in [7, 11) is 1.63. The fourth-order valence-corrected chi connectivity index (χ4v) is 3.09. The minimum atomic E-state index is -0.714. The quantitative estimate of drug-likeness (QED) is 0.776. The minimum absolute atomic E-state index is 0.0759. The Morgan fingerprint density at radius 2 is 2.30 bits per heavy atom. The first-order valence-electron chi connectivity index (χ1n) is 8.55. The average molecular weight is 320 g/mol. The summed E-state index contributed by atoms with van der Waals surface area (Å²) in [6, 6.07) is 3.61. The van der Waals surface area contributed by atoms with Crippen LogP contribution in [0.1, 0.15) is 52.4 Å². The molecule has 0 saturated heterocycles. The molecule has 1 N–H and O–H groups in total. The summed E-state index contributed by atoms with van der Waals surface area (Å²) >= 11 is 0. The van der Waals surface area contributed by atoms with Crippen molar-refractivity contribution in [2.24, 2.45) is 5.92 Å². The van der Waals surface area contributed by atoms with E-state index in [1.54, 1.807) is 19.4 Å². The lowest BCUT2D eigenvalue weighted by Gasteiger charge is -2.37. The largest absolute Gasteiger partial charge is 0.478 e. The number of nitrogens with one attached hydrogen (secondary N) is 1. The van der Waals surface area contributed by atoms with Crippen molar-refractivity contribution in [3.63, 3.8) is 0 Å². The molecular weight excluding hydrogens is 292 g/mol. The first-order valence-corrected chi connectivity index (χ1v) is 8.55. The Morgan fingerprint density at radius 1 is 1.48 bits per heavy atom. The van der Waals surface area contributed by atoms with E-state index in [0.717, 1.165) is 38.5 Å². The van der Waals surface area contributed by atoms with E-state index in [1.165, 1.54) is 0 Å². The number of unbranched alkanes of at least 4 members (excludes halogenated alkanes) is 1. The molecule has 0 spiro atoms. The second-order valence-corrected chi connectivity index (χ2v) is 6.44. The molecule has 128 valence electrons. The van der Waals surface area contributed by atoms with Gasteiger partial charge in [-0.2, -0.15) is 0 Å². The molecule has 0 unspecified atom stereocenters. The van der Waals surface area contributed by atoms with Gasteiger partial charge in [0, 0.05) is 13.2 Å². The summed E-state index contributed by atoms with van der Waals surface area (Å²) in [4.78, 5) is 16.9. The zero-order chi connectivity index (χ0) is 16.7. The Hall–Kier alpha value is -1.62. The van der Waals surface area contributed by atoms with Gasteiger partial charge in [0.1, 0.15) is 5.60 Å². The molecular formula is C18H28N2O3. The molecule has 0 aromatic carbocycles. The highest BCUT2D eigenvalue weighted by atomic mass is 16.5. The van der Waals surface area contributed by atoms with Crippen molar-refractivity contribution in [3.8, 4) is 5.88 Å². The normalized spacial score (nSPS) is 24.2. The molecule has 1 fully saturated rings. The number of methoxy groups -OCH3 is 1. The predicted molar refractivity (Wildman–Crippen MR) is 90.6 cm³/mol. The monoisotopic (exact) mass is 320 g/mol. The molecule has 23 heavy (non-hydrogen) atoms. The third-order valence-electron chi connectivity index (χ3n) is 4.50. The van der Waals surface area contributed by atoms with E-state index < -0.39 is 5.60 Å². The van der Waals surface area contributed by atoms with Gasteiger partial charge in [0.25, 0.3) is 5.91 Å². The highest BCUT2D eigenvalue weighted by Gasteiger charge is 2.41. The molecule has 1 aliphatic carbocycles. The smallest absolute Gasteiger partial charge is 0.256 e. The number of carbonyl (C=O) groups excluding carboxylic acids is 1. The van der Waals surface area contributed by atoms with Gasteiger partial charge < -0.3 is 14.8 Å². The van der Waals surface area contributed by atoms with Crippen LogP contribution in [0.4, 0.5) is 5.69 Å². The molecule has 5 heteroatoms. The number of aromatic nitrogens is 1. The molecule has 1 aromatic heterocycles. The number of carbonyl (C=O) groups is 1. The summed E-state index contributed by atoms with van der Waals surface area (Å²) in [6.45, 7) is 4.96. The van der Waals surface area contributed by atoms with Crippen LogP contribution in [0.25, 0.3) is 0 Å². The molecule has 2 rings (SSSR count). The third-order valence-corrected chi connectivity index (χ3v) is 4.50. The maximum Gasteiger partial charge on any atom is 0.256 e. The van der Waals surface area contributed by atoms with E-state index in [1.807, 2.05) is 6.07 Å². The SMILES string of the molecule is CCCCOc1ccc(NC(=O)[C@]2(OC)CCC[C@H](C)C2)cn1. The van der Waals surface area contributed by atoms with Gasteiger partial charge in [-0.05, 0) is 37.7 Å². The summed E-state index contributed by atoms with van der Waals surface area (Å²) in [6.07, 6.45) is 7.44. The van der Waals surface area contributed by atoms with Gasteiger partial charge in [0.05, 0.1) is 18.5 Å².